The lowest BCUT2D eigenvalue weighted by atomic mass is 10.2. The second kappa shape index (κ2) is 8.46. The van der Waals surface area contributed by atoms with Crippen LogP contribution in [-0.2, 0) is 4.79 Å². The standard InChI is InChI=1S/C21H27N5O2/c1-15-16(2)26(17-5-7-18(28-4)8-6-17)21(19(15)13-22)23-20(27)14-25-11-9-24(3)10-12-25/h5-8H,9-12,14H2,1-4H3,(H,23,27). The highest BCUT2D eigenvalue weighted by Gasteiger charge is 2.22. The van der Waals surface area contributed by atoms with Crippen LogP contribution in [0, 0.1) is 25.2 Å². The molecule has 7 heteroatoms. The normalized spacial score (nSPS) is 15.2. The number of nitriles is 1. The van der Waals surface area contributed by atoms with Crippen molar-refractivity contribution in [1.82, 2.24) is 14.4 Å². The Balaban J connectivity index is 1.87. The Morgan fingerprint density at radius 1 is 1.18 bits per heavy atom. The molecule has 7 nitrogen and oxygen atoms in total. The number of hydrogen-bond acceptors (Lipinski definition) is 5. The fourth-order valence-electron chi connectivity index (χ4n) is 3.50. The van der Waals surface area contributed by atoms with Crippen LogP contribution in [0.1, 0.15) is 16.8 Å². The van der Waals surface area contributed by atoms with E-state index in [1.165, 1.54) is 0 Å². The lowest BCUT2D eigenvalue weighted by molar-refractivity contribution is -0.117. The van der Waals surface area contributed by atoms with Gasteiger partial charge in [-0.15, -0.1) is 0 Å². The van der Waals surface area contributed by atoms with E-state index in [2.05, 4.69) is 28.2 Å². The molecular formula is C21H27N5O2. The van der Waals surface area contributed by atoms with E-state index < -0.39 is 0 Å². The molecule has 148 valence electrons. The molecule has 3 rings (SSSR count). The summed E-state index contributed by atoms with van der Waals surface area (Å²) in [4.78, 5) is 17.1. The number of aromatic nitrogens is 1. The molecule has 1 aromatic carbocycles. The van der Waals surface area contributed by atoms with Gasteiger partial charge in [0.2, 0.25) is 5.91 Å². The molecule has 1 amide bonds. The van der Waals surface area contributed by atoms with Gasteiger partial charge >= 0.3 is 0 Å². The highest BCUT2D eigenvalue weighted by atomic mass is 16.5. The second-order valence-corrected chi connectivity index (χ2v) is 7.21. The van der Waals surface area contributed by atoms with Gasteiger partial charge < -0.3 is 15.0 Å². The lowest BCUT2D eigenvalue weighted by Gasteiger charge is -2.31. The molecule has 0 unspecified atom stereocenters. The SMILES string of the molecule is COc1ccc(-n2c(C)c(C)c(C#N)c2NC(=O)CN2CCN(C)CC2)cc1. The van der Waals surface area contributed by atoms with E-state index in [0.717, 1.165) is 48.9 Å². The van der Waals surface area contributed by atoms with Gasteiger partial charge in [0.05, 0.1) is 19.2 Å². The summed E-state index contributed by atoms with van der Waals surface area (Å²) in [5.41, 5.74) is 3.17. The number of carbonyl (C=O) groups excluding carboxylic acids is 1. The van der Waals surface area contributed by atoms with Gasteiger partial charge in [0.1, 0.15) is 17.6 Å². The predicted molar refractivity (Wildman–Crippen MR) is 109 cm³/mol. The van der Waals surface area contributed by atoms with Crippen LogP contribution in [0.2, 0.25) is 0 Å². The predicted octanol–water partition coefficient (Wildman–Crippen LogP) is 2.16. The van der Waals surface area contributed by atoms with Crippen LogP contribution in [-0.4, -0.2) is 67.2 Å². The van der Waals surface area contributed by atoms with Gasteiger partial charge in [0.25, 0.3) is 0 Å². The molecule has 2 aromatic rings. The van der Waals surface area contributed by atoms with Gasteiger partial charge in [-0.25, -0.2) is 0 Å². The van der Waals surface area contributed by atoms with Crippen LogP contribution in [0.4, 0.5) is 5.82 Å². The third-order valence-corrected chi connectivity index (χ3v) is 5.38. The van der Waals surface area contributed by atoms with E-state index >= 15 is 0 Å². The Labute approximate surface area is 166 Å². The number of hydrogen-bond donors (Lipinski definition) is 1. The number of ether oxygens (including phenoxy) is 1. The van der Waals surface area contributed by atoms with Crippen LogP contribution < -0.4 is 10.1 Å². The van der Waals surface area contributed by atoms with Gasteiger partial charge in [-0.3, -0.25) is 14.3 Å². The molecule has 2 heterocycles. The monoisotopic (exact) mass is 381 g/mol. The molecule has 0 spiro atoms. The minimum Gasteiger partial charge on any atom is -0.497 e. The number of benzene rings is 1. The van der Waals surface area contributed by atoms with E-state index in [-0.39, 0.29) is 5.91 Å². The first-order valence-electron chi connectivity index (χ1n) is 9.41. The molecule has 1 fully saturated rings. The topological polar surface area (TPSA) is 73.5 Å². The molecule has 1 aliphatic rings. The summed E-state index contributed by atoms with van der Waals surface area (Å²) in [6.45, 7) is 7.83. The first-order chi connectivity index (χ1) is 13.4. The Bertz CT molecular complexity index is 887. The fraction of sp³-hybridized carbons (Fsp3) is 0.429. The average Bonchev–Trinajstić information content (AvgIpc) is 2.93. The summed E-state index contributed by atoms with van der Waals surface area (Å²) in [7, 11) is 3.71. The van der Waals surface area contributed by atoms with Crippen molar-refractivity contribution in [2.24, 2.45) is 0 Å². The van der Waals surface area contributed by atoms with Crippen LogP contribution in [0.5, 0.6) is 5.75 Å². The Morgan fingerprint density at radius 3 is 2.39 bits per heavy atom. The Kier molecular flexibility index (Phi) is 6.02. The summed E-state index contributed by atoms with van der Waals surface area (Å²) in [6.07, 6.45) is 0. The zero-order valence-corrected chi connectivity index (χ0v) is 17.0. The van der Waals surface area contributed by atoms with Crippen LogP contribution in [0.25, 0.3) is 5.69 Å². The van der Waals surface area contributed by atoms with Crippen molar-refractivity contribution in [3.63, 3.8) is 0 Å². The number of anilines is 1. The van der Waals surface area contributed by atoms with E-state index in [1.54, 1.807) is 7.11 Å². The van der Waals surface area contributed by atoms with Gasteiger partial charge in [-0.05, 0) is 50.7 Å². The van der Waals surface area contributed by atoms with Gasteiger partial charge in [0.15, 0.2) is 0 Å². The Hall–Kier alpha value is -2.82. The zero-order chi connectivity index (χ0) is 20.3. The molecule has 1 N–H and O–H groups in total. The molecule has 0 bridgehead atoms. The number of piperazine rings is 1. The Morgan fingerprint density at radius 2 is 1.82 bits per heavy atom. The molecule has 0 atom stereocenters. The maximum atomic E-state index is 12.7. The van der Waals surface area contributed by atoms with E-state index in [9.17, 15) is 10.1 Å². The zero-order valence-electron chi connectivity index (χ0n) is 17.0. The highest BCUT2D eigenvalue weighted by Crippen LogP contribution is 2.30. The maximum absolute atomic E-state index is 12.7. The van der Waals surface area contributed by atoms with Crippen molar-refractivity contribution in [1.29, 1.82) is 5.26 Å². The average molecular weight is 381 g/mol. The molecule has 0 saturated carbocycles. The minimum atomic E-state index is -0.103. The molecule has 1 aromatic heterocycles. The van der Waals surface area contributed by atoms with Crippen molar-refractivity contribution in [2.45, 2.75) is 13.8 Å². The lowest BCUT2D eigenvalue weighted by Crippen LogP contribution is -2.47. The third kappa shape index (κ3) is 4.03. The van der Waals surface area contributed by atoms with Crippen molar-refractivity contribution < 1.29 is 9.53 Å². The number of methoxy groups -OCH3 is 1. The summed E-state index contributed by atoms with van der Waals surface area (Å²) >= 11 is 0. The first kappa shape index (κ1) is 19.9. The van der Waals surface area contributed by atoms with Crippen LogP contribution in [0.15, 0.2) is 24.3 Å². The van der Waals surface area contributed by atoms with Gasteiger partial charge in [-0.1, -0.05) is 0 Å². The summed E-state index contributed by atoms with van der Waals surface area (Å²) in [6, 6.07) is 9.82. The molecule has 1 saturated heterocycles. The van der Waals surface area contributed by atoms with E-state index in [0.29, 0.717) is 17.9 Å². The summed E-state index contributed by atoms with van der Waals surface area (Å²) in [5, 5.41) is 12.7. The van der Waals surface area contributed by atoms with Crippen molar-refractivity contribution in [3.05, 3.63) is 41.1 Å². The van der Waals surface area contributed by atoms with E-state index in [1.807, 2.05) is 42.7 Å². The summed E-state index contributed by atoms with van der Waals surface area (Å²) < 4.78 is 7.16. The van der Waals surface area contributed by atoms with Crippen LogP contribution >= 0.6 is 0 Å². The van der Waals surface area contributed by atoms with Crippen molar-refractivity contribution in [3.8, 4) is 17.5 Å². The molecular weight excluding hydrogens is 354 g/mol. The number of amides is 1. The molecule has 0 aliphatic carbocycles. The summed E-state index contributed by atoms with van der Waals surface area (Å²) in [5.74, 6) is 1.18. The third-order valence-electron chi connectivity index (χ3n) is 5.38. The van der Waals surface area contributed by atoms with Gasteiger partial charge in [0, 0.05) is 37.6 Å². The quantitative estimate of drug-likeness (QED) is 0.859. The van der Waals surface area contributed by atoms with Crippen molar-refractivity contribution in [2.75, 3.05) is 52.2 Å². The van der Waals surface area contributed by atoms with Crippen molar-refractivity contribution >= 4 is 11.7 Å². The largest absolute Gasteiger partial charge is 0.497 e. The second-order valence-electron chi connectivity index (χ2n) is 7.21. The van der Waals surface area contributed by atoms with Crippen LogP contribution in [0.3, 0.4) is 0 Å². The first-order valence-corrected chi connectivity index (χ1v) is 9.41. The van der Waals surface area contributed by atoms with Gasteiger partial charge in [-0.2, -0.15) is 5.26 Å². The molecule has 28 heavy (non-hydrogen) atoms. The smallest absolute Gasteiger partial charge is 0.239 e. The minimum absolute atomic E-state index is 0.103. The number of carbonyl (C=O) groups is 1. The number of nitrogens with one attached hydrogen (secondary N) is 1. The maximum Gasteiger partial charge on any atom is 0.239 e. The molecule has 0 radical (unpaired) electrons. The number of likely N-dealkylation sites (N-methyl/N-ethyl adjacent to an activating group) is 1. The highest BCUT2D eigenvalue weighted by molar-refractivity contribution is 5.93. The fourth-order valence-corrected chi connectivity index (χ4v) is 3.50. The van der Waals surface area contributed by atoms with E-state index in [4.69, 9.17) is 4.74 Å². The number of nitrogens with zero attached hydrogens (tertiary/aromatic N) is 4. The molecule has 1 aliphatic heterocycles. The number of rotatable bonds is 5.